The predicted octanol–water partition coefficient (Wildman–Crippen LogP) is 4.41. The van der Waals surface area contributed by atoms with Crippen LogP contribution in [0.1, 0.15) is 18.3 Å². The smallest absolute Gasteiger partial charge is 0.141 e. The van der Waals surface area contributed by atoms with Crippen LogP contribution in [0, 0.1) is 0 Å². The van der Waals surface area contributed by atoms with E-state index in [0.717, 1.165) is 17.0 Å². The summed E-state index contributed by atoms with van der Waals surface area (Å²) in [5, 5.41) is 10.00. The van der Waals surface area contributed by atoms with Crippen molar-refractivity contribution in [2.45, 2.75) is 6.92 Å². The van der Waals surface area contributed by atoms with E-state index in [1.165, 1.54) is 0 Å². The summed E-state index contributed by atoms with van der Waals surface area (Å²) in [4.78, 5) is 13.3. The fourth-order valence-corrected chi connectivity index (χ4v) is 2.24. The van der Waals surface area contributed by atoms with E-state index < -0.39 is 0 Å². The Balaban J connectivity index is 2.08. The lowest BCUT2D eigenvalue weighted by Crippen LogP contribution is -2.01. The van der Waals surface area contributed by atoms with Gasteiger partial charge >= 0.3 is 0 Å². The van der Waals surface area contributed by atoms with Gasteiger partial charge in [-0.15, -0.1) is 0 Å². The minimum atomic E-state index is 0.134. The third kappa shape index (κ3) is 3.73. The van der Waals surface area contributed by atoms with Crippen LogP contribution in [-0.4, -0.2) is 20.8 Å². The number of aliphatic imine (C=N–C) groups is 1. The van der Waals surface area contributed by atoms with Gasteiger partial charge in [-0.05, 0) is 55.0 Å². The molecule has 0 fully saturated rings. The number of phenols is 1. The molecule has 0 saturated carbocycles. The lowest BCUT2D eigenvalue weighted by atomic mass is 10.1. The summed E-state index contributed by atoms with van der Waals surface area (Å²) in [5.74, 6) is 0.134. The first-order valence-corrected chi connectivity index (χ1v) is 7.62. The van der Waals surface area contributed by atoms with Crippen LogP contribution < -0.4 is 0 Å². The van der Waals surface area contributed by atoms with E-state index in [0.29, 0.717) is 11.4 Å². The minimum absolute atomic E-state index is 0.134. The Morgan fingerprint density at radius 3 is 2.12 bits per heavy atom. The molecule has 0 amide bonds. The third-order valence-electron chi connectivity index (χ3n) is 3.47. The first-order chi connectivity index (χ1) is 11.7. The normalized spacial score (nSPS) is 12.2. The van der Waals surface area contributed by atoms with Gasteiger partial charge < -0.3 is 5.11 Å². The Morgan fingerprint density at radius 1 is 0.875 bits per heavy atom. The van der Waals surface area contributed by atoms with Crippen molar-refractivity contribution in [1.29, 1.82) is 0 Å². The summed E-state index contributed by atoms with van der Waals surface area (Å²) in [7, 11) is 0. The molecular formula is C20H17N3O. The first-order valence-electron chi connectivity index (χ1n) is 7.62. The lowest BCUT2D eigenvalue weighted by Gasteiger charge is -2.06. The van der Waals surface area contributed by atoms with Crippen LogP contribution in [0.15, 0.2) is 84.1 Å². The van der Waals surface area contributed by atoms with Gasteiger partial charge in [0.2, 0.25) is 0 Å². The molecule has 0 radical (unpaired) electrons. The number of para-hydroxylation sites is 2. The number of hydrogen-bond donors (Lipinski definition) is 1. The molecule has 4 nitrogen and oxygen atoms in total. The Bertz CT molecular complexity index is 872. The SMILES string of the molecule is C/C(=C\C(=Nc1ccccc1O)c1ccccn1)c1ccccn1. The molecule has 4 heteroatoms. The van der Waals surface area contributed by atoms with Crippen molar-refractivity contribution in [3.8, 4) is 5.75 Å². The first kappa shape index (κ1) is 15.6. The van der Waals surface area contributed by atoms with E-state index >= 15 is 0 Å². The highest BCUT2D eigenvalue weighted by Gasteiger charge is 2.06. The molecule has 24 heavy (non-hydrogen) atoms. The summed E-state index contributed by atoms with van der Waals surface area (Å²) in [6, 6.07) is 18.4. The standard InChI is InChI=1S/C20H17N3O/c1-15(16-8-4-6-12-21-16)14-19(17-9-5-7-13-22-17)23-18-10-2-3-11-20(18)24/h2-14,24H,1H3/b15-14+,23-19?. The number of aromatic nitrogens is 2. The second-order valence-electron chi connectivity index (χ2n) is 5.24. The largest absolute Gasteiger partial charge is 0.506 e. The van der Waals surface area contributed by atoms with Crippen molar-refractivity contribution in [3.05, 3.63) is 90.5 Å². The van der Waals surface area contributed by atoms with Crippen LogP contribution >= 0.6 is 0 Å². The van der Waals surface area contributed by atoms with E-state index in [4.69, 9.17) is 0 Å². The molecule has 3 rings (SSSR count). The molecule has 0 aliphatic heterocycles. The van der Waals surface area contributed by atoms with Crippen LogP contribution in [0.3, 0.4) is 0 Å². The van der Waals surface area contributed by atoms with Gasteiger partial charge in [-0.2, -0.15) is 0 Å². The number of allylic oxidation sites excluding steroid dienone is 2. The number of benzene rings is 1. The van der Waals surface area contributed by atoms with Gasteiger partial charge in [0.25, 0.3) is 0 Å². The van der Waals surface area contributed by atoms with Gasteiger partial charge in [0, 0.05) is 12.4 Å². The fourth-order valence-electron chi connectivity index (χ4n) is 2.24. The van der Waals surface area contributed by atoms with Crippen LogP contribution in [0.2, 0.25) is 0 Å². The molecule has 1 N–H and O–H groups in total. The van der Waals surface area contributed by atoms with Crippen LogP contribution in [0.25, 0.3) is 5.57 Å². The maximum atomic E-state index is 10.00. The molecule has 0 atom stereocenters. The van der Waals surface area contributed by atoms with Gasteiger partial charge in [0.05, 0.1) is 17.1 Å². The molecule has 0 unspecified atom stereocenters. The molecule has 2 heterocycles. The number of nitrogens with zero attached hydrogens (tertiary/aromatic N) is 3. The average Bonchev–Trinajstić information content (AvgIpc) is 2.64. The van der Waals surface area contributed by atoms with Crippen molar-refractivity contribution >= 4 is 17.0 Å². The third-order valence-corrected chi connectivity index (χ3v) is 3.47. The van der Waals surface area contributed by atoms with E-state index in [2.05, 4.69) is 15.0 Å². The molecular weight excluding hydrogens is 298 g/mol. The number of rotatable bonds is 4. The van der Waals surface area contributed by atoms with Gasteiger partial charge in [0.1, 0.15) is 11.4 Å². The molecule has 3 aromatic rings. The molecule has 0 saturated heterocycles. The van der Waals surface area contributed by atoms with E-state index in [-0.39, 0.29) is 5.75 Å². The second-order valence-corrected chi connectivity index (χ2v) is 5.24. The van der Waals surface area contributed by atoms with Crippen LogP contribution in [0.4, 0.5) is 5.69 Å². The van der Waals surface area contributed by atoms with E-state index in [1.807, 2.05) is 55.5 Å². The predicted molar refractivity (Wildman–Crippen MR) is 96.4 cm³/mol. The molecule has 118 valence electrons. The monoisotopic (exact) mass is 315 g/mol. The number of hydrogen-bond acceptors (Lipinski definition) is 4. The van der Waals surface area contributed by atoms with Gasteiger partial charge in [0.15, 0.2) is 0 Å². The Morgan fingerprint density at radius 2 is 1.50 bits per heavy atom. The van der Waals surface area contributed by atoms with Crippen molar-refractivity contribution in [2.24, 2.45) is 4.99 Å². The highest BCUT2D eigenvalue weighted by molar-refractivity contribution is 6.12. The topological polar surface area (TPSA) is 58.4 Å². The Kier molecular flexibility index (Phi) is 4.77. The van der Waals surface area contributed by atoms with Crippen molar-refractivity contribution in [3.63, 3.8) is 0 Å². The zero-order chi connectivity index (χ0) is 16.8. The zero-order valence-electron chi connectivity index (χ0n) is 13.3. The number of phenolic OH excluding ortho intramolecular Hbond substituents is 1. The summed E-state index contributed by atoms with van der Waals surface area (Å²) < 4.78 is 0. The van der Waals surface area contributed by atoms with Crippen molar-refractivity contribution in [2.75, 3.05) is 0 Å². The second kappa shape index (κ2) is 7.33. The lowest BCUT2D eigenvalue weighted by molar-refractivity contribution is 0.477. The average molecular weight is 315 g/mol. The van der Waals surface area contributed by atoms with Gasteiger partial charge in [-0.25, -0.2) is 4.99 Å². The Labute approximate surface area is 140 Å². The summed E-state index contributed by atoms with van der Waals surface area (Å²) in [5.41, 5.74) is 3.74. The number of pyridine rings is 2. The number of aromatic hydroxyl groups is 1. The summed E-state index contributed by atoms with van der Waals surface area (Å²) in [6.07, 6.45) is 5.41. The maximum absolute atomic E-state index is 10.00. The summed E-state index contributed by atoms with van der Waals surface area (Å²) >= 11 is 0. The van der Waals surface area contributed by atoms with Crippen molar-refractivity contribution in [1.82, 2.24) is 9.97 Å². The maximum Gasteiger partial charge on any atom is 0.141 e. The quantitative estimate of drug-likeness (QED) is 0.726. The van der Waals surface area contributed by atoms with E-state index in [9.17, 15) is 5.11 Å². The summed E-state index contributed by atoms with van der Waals surface area (Å²) in [6.45, 7) is 1.98. The highest BCUT2D eigenvalue weighted by Crippen LogP contribution is 2.26. The van der Waals surface area contributed by atoms with Crippen LogP contribution in [0.5, 0.6) is 5.75 Å². The van der Waals surface area contributed by atoms with Gasteiger partial charge in [-0.3, -0.25) is 9.97 Å². The minimum Gasteiger partial charge on any atom is -0.506 e. The molecule has 0 spiro atoms. The molecule has 0 aliphatic rings. The highest BCUT2D eigenvalue weighted by atomic mass is 16.3. The van der Waals surface area contributed by atoms with Gasteiger partial charge in [-0.1, -0.05) is 24.3 Å². The van der Waals surface area contributed by atoms with Crippen molar-refractivity contribution < 1.29 is 5.11 Å². The van der Waals surface area contributed by atoms with Crippen LogP contribution in [-0.2, 0) is 0 Å². The molecule has 0 aliphatic carbocycles. The Hall–Kier alpha value is -3.27. The molecule has 2 aromatic heterocycles. The molecule has 0 bridgehead atoms. The van der Waals surface area contributed by atoms with E-state index in [1.54, 1.807) is 30.6 Å². The zero-order valence-corrected chi connectivity index (χ0v) is 13.3. The molecule has 1 aromatic carbocycles. The fraction of sp³-hybridized carbons (Fsp3) is 0.0500.